The van der Waals surface area contributed by atoms with Gasteiger partial charge < -0.3 is 15.7 Å². The molecule has 0 aliphatic heterocycles. The molecule has 25 heavy (non-hydrogen) atoms. The average Bonchev–Trinajstić information content (AvgIpc) is 2.53. The van der Waals surface area contributed by atoms with Gasteiger partial charge in [0.15, 0.2) is 0 Å². The van der Waals surface area contributed by atoms with Crippen molar-refractivity contribution in [3.05, 3.63) is 47.5 Å². The maximum atomic E-state index is 11.8. The number of benzene rings is 1. The van der Waals surface area contributed by atoms with Gasteiger partial charge in [0.05, 0.1) is 0 Å². The summed E-state index contributed by atoms with van der Waals surface area (Å²) in [5.41, 5.74) is 2.66. The van der Waals surface area contributed by atoms with Crippen LogP contribution in [0.1, 0.15) is 43.7 Å². The number of carboxylic acid groups (broad SMARTS) is 1. The van der Waals surface area contributed by atoms with E-state index < -0.39 is 6.09 Å². The van der Waals surface area contributed by atoms with Gasteiger partial charge in [0.25, 0.3) is 0 Å². The van der Waals surface area contributed by atoms with E-state index in [2.05, 4.69) is 47.9 Å². The predicted molar refractivity (Wildman–Crippen MR) is 101 cm³/mol. The molecule has 1 aromatic carbocycles. The zero-order valence-corrected chi connectivity index (χ0v) is 15.3. The number of rotatable bonds is 11. The largest absolute Gasteiger partial charge is 0.465 e. The lowest BCUT2D eigenvalue weighted by atomic mass is 10.0. The molecule has 0 radical (unpaired) electrons. The minimum atomic E-state index is -1.02. The molecule has 1 aromatic rings. The van der Waals surface area contributed by atoms with Gasteiger partial charge in [-0.3, -0.25) is 4.79 Å². The van der Waals surface area contributed by atoms with Crippen LogP contribution in [0.15, 0.2) is 36.4 Å². The highest BCUT2D eigenvalue weighted by Crippen LogP contribution is 2.08. The van der Waals surface area contributed by atoms with Gasteiger partial charge in [0.1, 0.15) is 0 Å². The Hall–Kier alpha value is -2.30. The quantitative estimate of drug-likeness (QED) is 0.422. The molecule has 0 heterocycles. The molecule has 1 atom stereocenters. The number of hydrogen-bond acceptors (Lipinski definition) is 2. The Bertz CT molecular complexity index is 570. The zero-order chi connectivity index (χ0) is 18.5. The summed E-state index contributed by atoms with van der Waals surface area (Å²) in [4.78, 5) is 22.1. The maximum Gasteiger partial charge on any atom is 0.404 e. The Balaban J connectivity index is 2.06. The monoisotopic (exact) mass is 346 g/mol. The molecular formula is C20H30N2O3. The minimum absolute atomic E-state index is 0.00670. The zero-order valence-electron chi connectivity index (χ0n) is 15.3. The minimum Gasteiger partial charge on any atom is -0.465 e. The van der Waals surface area contributed by atoms with Crippen LogP contribution in [0.4, 0.5) is 4.79 Å². The van der Waals surface area contributed by atoms with Crippen molar-refractivity contribution in [1.82, 2.24) is 10.6 Å². The van der Waals surface area contributed by atoms with Crippen molar-refractivity contribution in [3.8, 4) is 0 Å². The first kappa shape index (κ1) is 20.7. The van der Waals surface area contributed by atoms with Crippen molar-refractivity contribution in [3.63, 3.8) is 0 Å². The first-order valence-corrected chi connectivity index (χ1v) is 8.91. The average molecular weight is 346 g/mol. The molecule has 0 spiro atoms. The molecule has 0 aliphatic rings. The van der Waals surface area contributed by atoms with Crippen molar-refractivity contribution in [2.45, 2.75) is 46.0 Å². The molecule has 2 amide bonds. The van der Waals surface area contributed by atoms with Gasteiger partial charge in [-0.05, 0) is 44.1 Å². The fourth-order valence-corrected chi connectivity index (χ4v) is 2.58. The number of nitrogens with one attached hydrogen (secondary N) is 2. The molecule has 5 heteroatoms. The number of amides is 2. The predicted octanol–water partition coefficient (Wildman–Crippen LogP) is 3.67. The number of hydrogen-bond donors (Lipinski definition) is 3. The van der Waals surface area contributed by atoms with Crippen molar-refractivity contribution >= 4 is 12.0 Å². The molecular weight excluding hydrogens is 316 g/mol. The van der Waals surface area contributed by atoms with E-state index in [-0.39, 0.29) is 11.8 Å². The van der Waals surface area contributed by atoms with Crippen LogP contribution in [-0.4, -0.2) is 30.2 Å². The second kappa shape index (κ2) is 12.1. The van der Waals surface area contributed by atoms with Crippen LogP contribution in [0.3, 0.4) is 0 Å². The molecule has 1 unspecified atom stereocenters. The SMILES string of the molecule is Cc1cccc(CCCC=CCNC(=O)CC(C)CCNC(=O)O)c1. The Kier molecular flexibility index (Phi) is 10.1. The molecule has 0 saturated heterocycles. The number of unbranched alkanes of at least 4 members (excludes halogenated alkanes) is 1. The summed E-state index contributed by atoms with van der Waals surface area (Å²) < 4.78 is 0. The van der Waals surface area contributed by atoms with Crippen LogP contribution in [0.2, 0.25) is 0 Å². The fourth-order valence-electron chi connectivity index (χ4n) is 2.58. The molecule has 3 N–H and O–H groups in total. The van der Waals surface area contributed by atoms with Crippen LogP contribution < -0.4 is 10.6 Å². The van der Waals surface area contributed by atoms with Crippen LogP contribution in [0, 0.1) is 12.8 Å². The van der Waals surface area contributed by atoms with Gasteiger partial charge in [-0.2, -0.15) is 0 Å². The molecule has 0 fully saturated rings. The Morgan fingerprint density at radius 3 is 2.76 bits per heavy atom. The highest BCUT2D eigenvalue weighted by atomic mass is 16.4. The summed E-state index contributed by atoms with van der Waals surface area (Å²) in [5, 5.41) is 13.7. The van der Waals surface area contributed by atoms with Crippen molar-refractivity contribution in [1.29, 1.82) is 0 Å². The van der Waals surface area contributed by atoms with E-state index in [1.807, 2.05) is 13.0 Å². The normalized spacial score (nSPS) is 12.1. The van der Waals surface area contributed by atoms with E-state index in [0.717, 1.165) is 19.3 Å². The highest BCUT2D eigenvalue weighted by molar-refractivity contribution is 5.76. The van der Waals surface area contributed by atoms with E-state index in [9.17, 15) is 9.59 Å². The number of aryl methyl sites for hydroxylation is 2. The van der Waals surface area contributed by atoms with Gasteiger partial charge >= 0.3 is 6.09 Å². The Morgan fingerprint density at radius 1 is 1.24 bits per heavy atom. The van der Waals surface area contributed by atoms with Crippen LogP contribution in [0.5, 0.6) is 0 Å². The summed E-state index contributed by atoms with van der Waals surface area (Å²) in [6.07, 6.45) is 7.32. The van der Waals surface area contributed by atoms with Gasteiger partial charge in [0.2, 0.25) is 5.91 Å². The number of carbonyl (C=O) groups is 2. The summed E-state index contributed by atoms with van der Waals surface area (Å²) in [5.74, 6) is 0.164. The van der Waals surface area contributed by atoms with Gasteiger partial charge in [-0.1, -0.05) is 48.9 Å². The smallest absolute Gasteiger partial charge is 0.404 e. The maximum absolute atomic E-state index is 11.8. The Labute approximate surface area is 150 Å². The van der Waals surface area contributed by atoms with E-state index in [0.29, 0.717) is 25.9 Å². The first-order valence-electron chi connectivity index (χ1n) is 8.91. The summed E-state index contributed by atoms with van der Waals surface area (Å²) in [7, 11) is 0. The lowest BCUT2D eigenvalue weighted by molar-refractivity contribution is -0.121. The van der Waals surface area contributed by atoms with Crippen molar-refractivity contribution in [2.75, 3.05) is 13.1 Å². The summed E-state index contributed by atoms with van der Waals surface area (Å²) >= 11 is 0. The standard InChI is InChI=1S/C20H30N2O3/c1-16-8-7-10-18(14-16)9-5-3-4-6-12-21-19(23)15-17(2)11-13-22-20(24)25/h4,6-8,10,14,17,22H,3,5,9,11-13,15H2,1-2H3,(H,21,23)(H,24,25). The second-order valence-electron chi connectivity index (χ2n) is 6.49. The molecule has 0 saturated carbocycles. The number of allylic oxidation sites excluding steroid dienone is 1. The third-order valence-electron chi connectivity index (χ3n) is 3.95. The van der Waals surface area contributed by atoms with E-state index in [1.165, 1.54) is 11.1 Å². The second-order valence-corrected chi connectivity index (χ2v) is 6.49. The molecule has 0 aromatic heterocycles. The van der Waals surface area contributed by atoms with Crippen molar-refractivity contribution in [2.24, 2.45) is 5.92 Å². The topological polar surface area (TPSA) is 78.4 Å². The molecule has 138 valence electrons. The molecule has 0 aliphatic carbocycles. The van der Waals surface area contributed by atoms with E-state index >= 15 is 0 Å². The van der Waals surface area contributed by atoms with Gasteiger partial charge in [0, 0.05) is 19.5 Å². The first-order chi connectivity index (χ1) is 12.0. The highest BCUT2D eigenvalue weighted by Gasteiger charge is 2.08. The van der Waals surface area contributed by atoms with Crippen LogP contribution in [0.25, 0.3) is 0 Å². The lowest BCUT2D eigenvalue weighted by Crippen LogP contribution is -2.27. The van der Waals surface area contributed by atoms with Crippen LogP contribution >= 0.6 is 0 Å². The summed E-state index contributed by atoms with van der Waals surface area (Å²) in [6.45, 7) is 4.98. The fraction of sp³-hybridized carbons (Fsp3) is 0.500. The molecule has 0 bridgehead atoms. The van der Waals surface area contributed by atoms with Crippen LogP contribution in [-0.2, 0) is 11.2 Å². The molecule has 1 rings (SSSR count). The van der Waals surface area contributed by atoms with E-state index in [4.69, 9.17) is 5.11 Å². The molecule has 5 nitrogen and oxygen atoms in total. The van der Waals surface area contributed by atoms with Gasteiger partial charge in [-0.15, -0.1) is 0 Å². The third-order valence-corrected chi connectivity index (χ3v) is 3.95. The van der Waals surface area contributed by atoms with E-state index in [1.54, 1.807) is 0 Å². The lowest BCUT2D eigenvalue weighted by Gasteiger charge is -2.10. The summed E-state index contributed by atoms with van der Waals surface area (Å²) in [6, 6.07) is 8.57. The third kappa shape index (κ3) is 11.0. The van der Waals surface area contributed by atoms with Gasteiger partial charge in [-0.25, -0.2) is 4.79 Å². The van der Waals surface area contributed by atoms with Crippen molar-refractivity contribution < 1.29 is 14.7 Å². The number of carbonyl (C=O) groups excluding carboxylic acids is 1. The Morgan fingerprint density at radius 2 is 2.04 bits per heavy atom.